The van der Waals surface area contributed by atoms with Gasteiger partial charge in [-0.05, 0) is 37.4 Å². The molecule has 0 aromatic carbocycles. The second kappa shape index (κ2) is 6.53. The first-order valence-corrected chi connectivity index (χ1v) is 5.78. The van der Waals surface area contributed by atoms with Crippen molar-refractivity contribution in [3.63, 3.8) is 0 Å². The molecule has 1 aromatic rings. The number of hydrogen-bond acceptors (Lipinski definition) is 4. The summed E-state index contributed by atoms with van der Waals surface area (Å²) < 4.78 is 36.7. The minimum absolute atomic E-state index is 0.350. The summed E-state index contributed by atoms with van der Waals surface area (Å²) in [6.07, 6.45) is -2.58. The Kier molecular flexibility index (Phi) is 5.33. The Balaban J connectivity index is 2.36. The summed E-state index contributed by atoms with van der Waals surface area (Å²) in [5.41, 5.74) is 4.49. The molecular weight excluding hydrogens is 245 g/mol. The zero-order valence-electron chi connectivity index (χ0n) is 10.2. The van der Waals surface area contributed by atoms with E-state index in [2.05, 4.69) is 22.4 Å². The molecule has 0 fully saturated rings. The average molecular weight is 262 g/mol. The van der Waals surface area contributed by atoms with Gasteiger partial charge in [-0.25, -0.2) is 0 Å². The zero-order valence-corrected chi connectivity index (χ0v) is 10.2. The largest absolute Gasteiger partial charge is 0.435 e. The van der Waals surface area contributed by atoms with Gasteiger partial charge in [0.15, 0.2) is 5.69 Å². The number of nitrogens with two attached hydrogens (primary N) is 1. The Hall–Kier alpha value is -1.37. The molecule has 0 saturated heterocycles. The molecule has 7 heteroatoms. The van der Waals surface area contributed by atoms with E-state index >= 15 is 0 Å². The van der Waals surface area contributed by atoms with Crippen LogP contribution in [0.2, 0.25) is 0 Å². The summed E-state index contributed by atoms with van der Waals surface area (Å²) in [5.74, 6) is 0.800. The van der Waals surface area contributed by atoms with Crippen LogP contribution in [0, 0.1) is 5.92 Å². The molecule has 1 aromatic heterocycles. The number of aromatic nitrogens is 2. The highest BCUT2D eigenvalue weighted by molar-refractivity contribution is 5.33. The molecule has 0 saturated carbocycles. The van der Waals surface area contributed by atoms with Gasteiger partial charge in [-0.3, -0.25) is 0 Å². The highest BCUT2D eigenvalue weighted by Crippen LogP contribution is 2.26. The van der Waals surface area contributed by atoms with Gasteiger partial charge < -0.3 is 11.1 Å². The van der Waals surface area contributed by atoms with Crippen LogP contribution in [0.5, 0.6) is 0 Å². The molecule has 0 bridgehead atoms. The van der Waals surface area contributed by atoms with E-state index in [9.17, 15) is 13.2 Å². The van der Waals surface area contributed by atoms with Crippen LogP contribution in [0.15, 0.2) is 12.1 Å². The highest BCUT2D eigenvalue weighted by atomic mass is 19.4. The molecule has 0 aliphatic carbocycles. The van der Waals surface area contributed by atoms with Gasteiger partial charge in [-0.1, -0.05) is 6.92 Å². The third-order valence-corrected chi connectivity index (χ3v) is 2.54. The van der Waals surface area contributed by atoms with E-state index < -0.39 is 11.9 Å². The molecule has 1 heterocycles. The van der Waals surface area contributed by atoms with Crippen LogP contribution in [-0.4, -0.2) is 23.3 Å². The molecule has 0 spiro atoms. The Morgan fingerprint density at radius 2 is 2.06 bits per heavy atom. The van der Waals surface area contributed by atoms with Crippen molar-refractivity contribution in [2.75, 3.05) is 18.4 Å². The molecule has 3 N–H and O–H groups in total. The maximum Gasteiger partial charge on any atom is 0.435 e. The van der Waals surface area contributed by atoms with Crippen molar-refractivity contribution in [2.45, 2.75) is 25.9 Å². The van der Waals surface area contributed by atoms with Crippen LogP contribution in [0.4, 0.5) is 19.0 Å². The Bertz CT molecular complexity index is 350. The lowest BCUT2D eigenvalue weighted by Crippen LogP contribution is -2.13. The predicted octanol–water partition coefficient (Wildman–Crippen LogP) is 2.28. The first-order chi connectivity index (χ1) is 8.43. The van der Waals surface area contributed by atoms with Gasteiger partial charge in [0.1, 0.15) is 5.82 Å². The predicted molar refractivity (Wildman–Crippen MR) is 63.0 cm³/mol. The molecule has 1 atom stereocenters. The fourth-order valence-corrected chi connectivity index (χ4v) is 1.36. The lowest BCUT2D eigenvalue weighted by molar-refractivity contribution is -0.141. The van der Waals surface area contributed by atoms with Crippen LogP contribution < -0.4 is 11.1 Å². The number of nitrogens with zero attached hydrogens (tertiary/aromatic N) is 2. The van der Waals surface area contributed by atoms with Crippen molar-refractivity contribution in [1.82, 2.24) is 10.2 Å². The zero-order chi connectivity index (χ0) is 13.6. The van der Waals surface area contributed by atoms with E-state index in [1.165, 1.54) is 6.07 Å². The third kappa shape index (κ3) is 4.87. The number of nitrogens with one attached hydrogen (secondary N) is 1. The van der Waals surface area contributed by atoms with Gasteiger partial charge in [-0.2, -0.15) is 13.2 Å². The molecular formula is C11H17F3N4. The van der Waals surface area contributed by atoms with E-state index in [1.807, 2.05) is 0 Å². The fraction of sp³-hybridized carbons (Fsp3) is 0.636. The molecule has 1 unspecified atom stereocenters. The normalized spacial score (nSPS) is 13.4. The summed E-state index contributed by atoms with van der Waals surface area (Å²) in [7, 11) is 0. The lowest BCUT2D eigenvalue weighted by atomic mass is 10.1. The molecule has 18 heavy (non-hydrogen) atoms. The topological polar surface area (TPSA) is 63.8 Å². The Labute approximate surface area is 104 Å². The van der Waals surface area contributed by atoms with Gasteiger partial charge in [0, 0.05) is 6.54 Å². The standard InChI is InChI=1S/C11H17F3N4/c1-8(7-15)3-2-6-16-10-5-4-9(17-18-10)11(12,13)14/h4-5,8H,2-3,6-7,15H2,1H3,(H,16,18). The number of rotatable bonds is 6. The van der Waals surface area contributed by atoms with Crippen LogP contribution in [-0.2, 0) is 6.18 Å². The summed E-state index contributed by atoms with van der Waals surface area (Å²) in [4.78, 5) is 0. The van der Waals surface area contributed by atoms with Crippen LogP contribution >= 0.6 is 0 Å². The summed E-state index contributed by atoms with van der Waals surface area (Å²) in [6.45, 7) is 3.34. The lowest BCUT2D eigenvalue weighted by Gasteiger charge is -2.09. The van der Waals surface area contributed by atoms with Crippen molar-refractivity contribution in [3.8, 4) is 0 Å². The minimum Gasteiger partial charge on any atom is -0.369 e. The molecule has 0 amide bonds. The summed E-state index contributed by atoms with van der Waals surface area (Å²) in [5, 5.41) is 9.52. The van der Waals surface area contributed by atoms with Gasteiger partial charge in [0.05, 0.1) is 0 Å². The molecule has 1 rings (SSSR count). The smallest absolute Gasteiger partial charge is 0.369 e. The number of halogens is 3. The molecule has 4 nitrogen and oxygen atoms in total. The maximum atomic E-state index is 12.2. The fourth-order valence-electron chi connectivity index (χ4n) is 1.36. The minimum atomic E-state index is -4.44. The highest BCUT2D eigenvalue weighted by Gasteiger charge is 2.32. The van der Waals surface area contributed by atoms with Crippen molar-refractivity contribution in [2.24, 2.45) is 11.7 Å². The van der Waals surface area contributed by atoms with E-state index in [4.69, 9.17) is 5.73 Å². The number of hydrogen-bond donors (Lipinski definition) is 2. The molecule has 0 aliphatic heterocycles. The van der Waals surface area contributed by atoms with Crippen LogP contribution in [0.25, 0.3) is 0 Å². The summed E-state index contributed by atoms with van der Waals surface area (Å²) in [6, 6.07) is 2.19. The van der Waals surface area contributed by atoms with Gasteiger partial charge in [0.25, 0.3) is 0 Å². The molecule has 0 aliphatic rings. The van der Waals surface area contributed by atoms with E-state index in [1.54, 1.807) is 0 Å². The van der Waals surface area contributed by atoms with Gasteiger partial charge >= 0.3 is 6.18 Å². The first kappa shape index (κ1) is 14.7. The Morgan fingerprint density at radius 3 is 2.56 bits per heavy atom. The van der Waals surface area contributed by atoms with Crippen molar-refractivity contribution in [1.29, 1.82) is 0 Å². The quantitative estimate of drug-likeness (QED) is 0.772. The van der Waals surface area contributed by atoms with E-state index in [0.29, 0.717) is 24.8 Å². The average Bonchev–Trinajstić information content (AvgIpc) is 2.33. The van der Waals surface area contributed by atoms with Gasteiger partial charge in [-0.15, -0.1) is 10.2 Å². The SMILES string of the molecule is CC(CN)CCCNc1ccc(C(F)(F)F)nn1. The summed E-state index contributed by atoms with van der Waals surface area (Å²) >= 11 is 0. The molecule has 0 radical (unpaired) electrons. The van der Waals surface area contributed by atoms with Crippen LogP contribution in [0.1, 0.15) is 25.5 Å². The monoisotopic (exact) mass is 262 g/mol. The van der Waals surface area contributed by atoms with E-state index in [0.717, 1.165) is 18.9 Å². The number of alkyl halides is 3. The maximum absolute atomic E-state index is 12.2. The number of anilines is 1. The second-order valence-electron chi connectivity index (χ2n) is 4.21. The van der Waals surface area contributed by atoms with Crippen molar-refractivity contribution < 1.29 is 13.2 Å². The van der Waals surface area contributed by atoms with Crippen molar-refractivity contribution in [3.05, 3.63) is 17.8 Å². The van der Waals surface area contributed by atoms with E-state index in [-0.39, 0.29) is 0 Å². The van der Waals surface area contributed by atoms with Crippen LogP contribution in [0.3, 0.4) is 0 Å². The van der Waals surface area contributed by atoms with Gasteiger partial charge in [0.2, 0.25) is 0 Å². The second-order valence-corrected chi connectivity index (χ2v) is 4.21. The third-order valence-electron chi connectivity index (χ3n) is 2.54. The molecule has 102 valence electrons. The first-order valence-electron chi connectivity index (χ1n) is 5.78. The Morgan fingerprint density at radius 1 is 1.33 bits per heavy atom. The van der Waals surface area contributed by atoms with Crippen molar-refractivity contribution >= 4 is 5.82 Å².